The number of aryl methyl sites for hydroxylation is 3. The minimum atomic E-state index is -0.694. The summed E-state index contributed by atoms with van der Waals surface area (Å²) in [6.45, 7) is 12.5. The van der Waals surface area contributed by atoms with E-state index in [1.54, 1.807) is 12.4 Å². The maximum atomic E-state index is 14.5. The molecule has 0 aliphatic carbocycles. The molecule has 0 aliphatic heterocycles. The van der Waals surface area contributed by atoms with Crippen LogP contribution in [0, 0.1) is 47.8 Å². The fourth-order valence-corrected chi connectivity index (χ4v) is 6.10. The first kappa shape index (κ1) is 43.0. The molecule has 57 heavy (non-hydrogen) atoms. The van der Waals surface area contributed by atoms with E-state index in [2.05, 4.69) is 86.0 Å². The molecule has 0 N–H and O–H groups in total. The van der Waals surface area contributed by atoms with Gasteiger partial charge >= 0.3 is 0 Å². The number of hydrogen-bond acceptors (Lipinski definition) is 4. The molecule has 0 amide bonds. The third-order valence-electron chi connectivity index (χ3n) is 9.21. The number of unbranched alkanes of at least 4 members (excludes halogenated alkanes) is 1. The standard InChI is InChI=1S/C34H34F4N2.C12H9N4.Ir/c1-33(2,3)21-15-25(39-31(17-21)27-13-11-23(35)19-29(27)37)9-7-8-10-26-16-22(34(4,5)6)18-32(40-26)28-14-12-24(36)20-30(28)38;1-15-9-16(10-5-3-2-4-6-10)12-11(15)13-7-8-14-12;/h11-12,15-20H,7-10H2,1-6H3;2-5,7-8H,1H3;/q-2;-1;. The van der Waals surface area contributed by atoms with E-state index in [1.807, 2.05) is 64.7 Å². The number of hydrogen-bond donors (Lipinski definition) is 0. The number of benzene rings is 3. The van der Waals surface area contributed by atoms with E-state index in [1.165, 1.54) is 0 Å². The van der Waals surface area contributed by atoms with Crippen molar-refractivity contribution >= 4 is 11.3 Å². The van der Waals surface area contributed by atoms with Crippen molar-refractivity contribution in [3.05, 3.63) is 156 Å². The van der Waals surface area contributed by atoms with Crippen LogP contribution < -0.4 is 4.57 Å². The van der Waals surface area contributed by atoms with E-state index >= 15 is 0 Å². The Bertz CT molecular complexity index is 2360. The summed E-state index contributed by atoms with van der Waals surface area (Å²) in [4.78, 5) is 17.9. The van der Waals surface area contributed by atoms with Gasteiger partial charge in [0, 0.05) is 61.8 Å². The van der Waals surface area contributed by atoms with Gasteiger partial charge in [-0.3, -0.25) is 22.5 Å². The summed E-state index contributed by atoms with van der Waals surface area (Å²) in [5.41, 5.74) is 6.93. The van der Waals surface area contributed by atoms with Crippen LogP contribution in [0.25, 0.3) is 39.5 Å². The summed E-state index contributed by atoms with van der Waals surface area (Å²) in [5, 5.41) is 0. The molecule has 6 nitrogen and oxygen atoms in total. The van der Waals surface area contributed by atoms with Crippen molar-refractivity contribution in [2.75, 3.05) is 0 Å². The minimum absolute atomic E-state index is 0. The van der Waals surface area contributed by atoms with Crippen molar-refractivity contribution in [3.8, 4) is 28.2 Å². The molecule has 4 aromatic heterocycles. The molecule has 0 unspecified atom stereocenters. The third kappa shape index (κ3) is 10.6. The van der Waals surface area contributed by atoms with E-state index in [-0.39, 0.29) is 42.1 Å². The number of fused-ring (bicyclic) bond motifs is 1. The predicted molar refractivity (Wildman–Crippen MR) is 209 cm³/mol. The number of pyridine rings is 2. The van der Waals surface area contributed by atoms with Crippen LogP contribution in [-0.4, -0.2) is 24.5 Å². The molecule has 0 fully saturated rings. The van der Waals surface area contributed by atoms with Gasteiger partial charge in [0.15, 0.2) is 6.33 Å². The second-order valence-electron chi connectivity index (χ2n) is 15.7. The first-order chi connectivity index (χ1) is 26.6. The van der Waals surface area contributed by atoms with Crippen molar-refractivity contribution < 1.29 is 42.2 Å². The Morgan fingerprint density at radius 3 is 1.63 bits per heavy atom. The van der Waals surface area contributed by atoms with Crippen molar-refractivity contribution in [1.29, 1.82) is 0 Å². The van der Waals surface area contributed by atoms with Gasteiger partial charge in [0.2, 0.25) is 5.65 Å². The van der Waals surface area contributed by atoms with Crippen molar-refractivity contribution in [3.63, 3.8) is 0 Å². The molecule has 0 atom stereocenters. The first-order valence-electron chi connectivity index (χ1n) is 18.4. The van der Waals surface area contributed by atoms with E-state index in [0.29, 0.717) is 24.2 Å². The quantitative estimate of drug-likeness (QED) is 0.0659. The Balaban J connectivity index is 0.000000302. The number of para-hydroxylation sites is 1. The van der Waals surface area contributed by atoms with Gasteiger partial charge < -0.3 is 19.1 Å². The van der Waals surface area contributed by atoms with Crippen LogP contribution in [0.5, 0.6) is 0 Å². The largest absolute Gasteiger partial charge is 0.359 e. The Hall–Kier alpha value is -5.12. The summed E-state index contributed by atoms with van der Waals surface area (Å²) in [6.07, 6.45) is 9.41. The molecule has 4 heterocycles. The Morgan fingerprint density at radius 1 is 0.667 bits per heavy atom. The monoisotopic (exact) mass is 948 g/mol. The minimum Gasteiger partial charge on any atom is -0.359 e. The van der Waals surface area contributed by atoms with Crippen LogP contribution >= 0.6 is 0 Å². The zero-order chi connectivity index (χ0) is 40.2. The second kappa shape index (κ2) is 18.0. The summed E-state index contributed by atoms with van der Waals surface area (Å²) in [7, 11) is 1.90. The molecule has 7 aromatic rings. The van der Waals surface area contributed by atoms with Crippen LogP contribution in [0.1, 0.15) is 76.9 Å². The molecular weight excluding hydrogens is 905 g/mol. The fourth-order valence-electron chi connectivity index (χ4n) is 6.10. The first-order valence-corrected chi connectivity index (χ1v) is 18.4. The summed E-state index contributed by atoms with van der Waals surface area (Å²) in [6, 6.07) is 27.9. The van der Waals surface area contributed by atoms with Crippen molar-refractivity contribution in [1.82, 2.24) is 24.5 Å². The van der Waals surface area contributed by atoms with Gasteiger partial charge in [-0.15, -0.1) is 24.3 Å². The van der Waals surface area contributed by atoms with Crippen LogP contribution in [0.2, 0.25) is 0 Å². The van der Waals surface area contributed by atoms with E-state index in [0.717, 1.165) is 76.6 Å². The van der Waals surface area contributed by atoms with Gasteiger partial charge in [-0.05, 0) is 71.2 Å². The van der Waals surface area contributed by atoms with Gasteiger partial charge in [-0.25, -0.2) is 0 Å². The summed E-state index contributed by atoms with van der Waals surface area (Å²) in [5.74, 6) is -2.75. The maximum absolute atomic E-state index is 14.5. The second-order valence-corrected chi connectivity index (χ2v) is 15.7. The molecule has 7 rings (SSSR count). The average molecular weight is 948 g/mol. The molecule has 0 aliphatic rings. The molecule has 0 spiro atoms. The number of imidazole rings is 1. The van der Waals surface area contributed by atoms with E-state index in [9.17, 15) is 17.6 Å². The molecule has 11 heteroatoms. The zero-order valence-corrected chi connectivity index (χ0v) is 35.3. The Morgan fingerprint density at radius 2 is 1.18 bits per heavy atom. The van der Waals surface area contributed by atoms with Crippen LogP contribution in [-0.2, 0) is 50.8 Å². The Labute approximate surface area is 345 Å². The number of nitrogens with zero attached hydrogens (tertiary/aromatic N) is 6. The van der Waals surface area contributed by atoms with E-state index < -0.39 is 23.3 Å². The molecule has 3 aromatic carbocycles. The van der Waals surface area contributed by atoms with Crippen molar-refractivity contribution in [2.24, 2.45) is 7.05 Å². The zero-order valence-electron chi connectivity index (χ0n) is 32.9. The average Bonchev–Trinajstić information content (AvgIpc) is 3.49. The van der Waals surface area contributed by atoms with Gasteiger partial charge in [0.1, 0.15) is 11.8 Å². The topological polar surface area (TPSA) is 60.4 Å². The number of rotatable bonds is 8. The number of aromatic nitrogens is 6. The van der Waals surface area contributed by atoms with Gasteiger partial charge in [0.05, 0.1) is 6.20 Å². The Kier molecular flexibility index (Phi) is 13.6. The maximum Gasteiger partial charge on any atom is 0.205 e. The molecule has 297 valence electrons. The SMILES string of the molecule is CC(C)(C)c1cc(CCCCc2cc(C(C)(C)C)cc(-c3[c-]cc(F)cc3F)n2)nc(-c2[c-]cc(F)cc2F)c1.C[n+]1[c-]n(-c2[c-]cccc2)c2nccnc21.[Ir]. The number of halogens is 4. The molecule has 1 radical (unpaired) electrons. The summed E-state index contributed by atoms with van der Waals surface area (Å²) < 4.78 is 59.7. The van der Waals surface area contributed by atoms with Crippen LogP contribution in [0.4, 0.5) is 17.6 Å². The molecule has 0 bridgehead atoms. The van der Waals surface area contributed by atoms with Crippen LogP contribution in [0.3, 0.4) is 0 Å². The third-order valence-corrected chi connectivity index (χ3v) is 9.21. The van der Waals surface area contributed by atoms with Gasteiger partial charge in [0.25, 0.3) is 0 Å². The van der Waals surface area contributed by atoms with Gasteiger partial charge in [-0.2, -0.15) is 35.3 Å². The molecule has 0 saturated carbocycles. The van der Waals surface area contributed by atoms with Gasteiger partial charge in [-0.1, -0.05) is 82.6 Å². The summed E-state index contributed by atoms with van der Waals surface area (Å²) >= 11 is 0. The predicted octanol–water partition coefficient (Wildman–Crippen LogP) is 9.97. The molecular formula is C46H43F4IrN6-3. The fraction of sp³-hybridized carbons (Fsp3) is 0.283. The van der Waals surface area contributed by atoms with E-state index in [4.69, 9.17) is 0 Å². The van der Waals surface area contributed by atoms with Crippen molar-refractivity contribution in [2.45, 2.75) is 78.1 Å². The van der Waals surface area contributed by atoms with Crippen LogP contribution in [0.15, 0.2) is 85.2 Å². The smallest absolute Gasteiger partial charge is 0.205 e. The molecule has 0 saturated heterocycles. The normalized spacial score (nSPS) is 11.6.